The SMILES string of the molecule is O=C(O)CN(C(=O)c1ccccc1C(=O)O)C1CCCC1. The standard InChI is InChI=1S/C15H17NO5/c17-13(18)9-16(10-5-1-2-6-10)14(19)11-7-3-4-8-12(11)15(20)21/h3-4,7-8,10H,1-2,5-6,9H2,(H,17,18)(H,20,21). The van der Waals surface area contributed by atoms with Crippen LogP contribution in [-0.2, 0) is 4.79 Å². The molecule has 1 aliphatic rings. The van der Waals surface area contributed by atoms with Gasteiger partial charge in [0.25, 0.3) is 5.91 Å². The van der Waals surface area contributed by atoms with E-state index < -0.39 is 24.4 Å². The Morgan fingerprint density at radius 3 is 2.14 bits per heavy atom. The number of benzene rings is 1. The molecule has 1 aromatic carbocycles. The molecule has 0 saturated heterocycles. The Balaban J connectivity index is 2.33. The number of aromatic carboxylic acids is 1. The van der Waals surface area contributed by atoms with Crippen molar-refractivity contribution in [2.24, 2.45) is 0 Å². The number of rotatable bonds is 5. The first kappa shape index (κ1) is 15.0. The normalized spacial score (nSPS) is 14.9. The van der Waals surface area contributed by atoms with Crippen molar-refractivity contribution in [2.75, 3.05) is 6.54 Å². The molecule has 0 spiro atoms. The van der Waals surface area contributed by atoms with Gasteiger partial charge < -0.3 is 15.1 Å². The van der Waals surface area contributed by atoms with Crippen molar-refractivity contribution in [1.29, 1.82) is 0 Å². The van der Waals surface area contributed by atoms with Gasteiger partial charge in [-0.15, -0.1) is 0 Å². The Labute approximate surface area is 122 Å². The molecule has 1 aliphatic carbocycles. The summed E-state index contributed by atoms with van der Waals surface area (Å²) in [5, 5.41) is 18.2. The molecule has 0 atom stereocenters. The molecule has 6 heteroatoms. The number of carbonyl (C=O) groups is 3. The molecule has 0 aliphatic heterocycles. The fourth-order valence-electron chi connectivity index (χ4n) is 2.74. The average Bonchev–Trinajstić information content (AvgIpc) is 2.97. The molecule has 0 radical (unpaired) electrons. The second-order valence-corrected chi connectivity index (χ2v) is 5.12. The molecule has 1 fully saturated rings. The zero-order chi connectivity index (χ0) is 15.4. The highest BCUT2D eigenvalue weighted by molar-refractivity contribution is 6.05. The van der Waals surface area contributed by atoms with Crippen LogP contribution in [0.3, 0.4) is 0 Å². The van der Waals surface area contributed by atoms with Gasteiger partial charge in [0, 0.05) is 6.04 Å². The van der Waals surface area contributed by atoms with Gasteiger partial charge in [-0.1, -0.05) is 25.0 Å². The number of hydrogen-bond acceptors (Lipinski definition) is 3. The highest BCUT2D eigenvalue weighted by Gasteiger charge is 2.30. The lowest BCUT2D eigenvalue weighted by Crippen LogP contribution is -2.42. The summed E-state index contributed by atoms with van der Waals surface area (Å²) >= 11 is 0. The molecule has 6 nitrogen and oxygen atoms in total. The molecule has 0 bridgehead atoms. The van der Waals surface area contributed by atoms with Crippen molar-refractivity contribution in [1.82, 2.24) is 4.90 Å². The van der Waals surface area contributed by atoms with Gasteiger partial charge in [-0.05, 0) is 25.0 Å². The molecule has 1 amide bonds. The molecule has 112 valence electrons. The first-order valence-corrected chi connectivity index (χ1v) is 6.86. The van der Waals surface area contributed by atoms with E-state index in [2.05, 4.69) is 0 Å². The van der Waals surface area contributed by atoms with Gasteiger partial charge >= 0.3 is 11.9 Å². The zero-order valence-corrected chi connectivity index (χ0v) is 11.5. The first-order chi connectivity index (χ1) is 10.0. The molecule has 21 heavy (non-hydrogen) atoms. The van der Waals surface area contributed by atoms with E-state index in [1.807, 2.05) is 0 Å². The van der Waals surface area contributed by atoms with Crippen LogP contribution >= 0.6 is 0 Å². The van der Waals surface area contributed by atoms with E-state index in [1.54, 1.807) is 6.07 Å². The van der Waals surface area contributed by atoms with E-state index in [0.717, 1.165) is 25.7 Å². The number of amides is 1. The molecular formula is C15H17NO5. The molecular weight excluding hydrogens is 274 g/mol. The highest BCUT2D eigenvalue weighted by atomic mass is 16.4. The van der Waals surface area contributed by atoms with Gasteiger partial charge in [0.2, 0.25) is 0 Å². The van der Waals surface area contributed by atoms with Crippen molar-refractivity contribution in [3.8, 4) is 0 Å². The molecule has 0 heterocycles. The summed E-state index contributed by atoms with van der Waals surface area (Å²) in [7, 11) is 0. The number of hydrogen-bond donors (Lipinski definition) is 2. The third-order valence-corrected chi connectivity index (χ3v) is 3.72. The van der Waals surface area contributed by atoms with Crippen LogP contribution in [0.1, 0.15) is 46.4 Å². The van der Waals surface area contributed by atoms with Crippen LogP contribution in [0, 0.1) is 0 Å². The number of carboxylic acids is 2. The Morgan fingerprint density at radius 2 is 1.62 bits per heavy atom. The lowest BCUT2D eigenvalue weighted by atomic mass is 10.0. The third-order valence-electron chi connectivity index (χ3n) is 3.72. The Bertz CT molecular complexity index is 563. The second kappa shape index (κ2) is 6.39. The molecule has 2 rings (SSSR count). The zero-order valence-electron chi connectivity index (χ0n) is 11.5. The van der Waals surface area contributed by atoms with E-state index in [-0.39, 0.29) is 17.2 Å². The van der Waals surface area contributed by atoms with Gasteiger partial charge in [0.05, 0.1) is 11.1 Å². The Morgan fingerprint density at radius 1 is 1.05 bits per heavy atom. The predicted molar refractivity (Wildman–Crippen MR) is 74.3 cm³/mol. The molecule has 1 aromatic rings. The number of aliphatic carboxylic acids is 1. The van der Waals surface area contributed by atoms with Crippen molar-refractivity contribution in [2.45, 2.75) is 31.7 Å². The van der Waals surface area contributed by atoms with Crippen molar-refractivity contribution < 1.29 is 24.6 Å². The smallest absolute Gasteiger partial charge is 0.336 e. The lowest BCUT2D eigenvalue weighted by molar-refractivity contribution is -0.138. The topological polar surface area (TPSA) is 94.9 Å². The molecule has 1 saturated carbocycles. The van der Waals surface area contributed by atoms with Gasteiger partial charge in [-0.3, -0.25) is 9.59 Å². The van der Waals surface area contributed by atoms with Crippen LogP contribution < -0.4 is 0 Å². The number of carboxylic acid groups (broad SMARTS) is 2. The minimum absolute atomic E-state index is 0.0400. The summed E-state index contributed by atoms with van der Waals surface area (Å²) in [6, 6.07) is 5.76. The van der Waals surface area contributed by atoms with E-state index in [0.29, 0.717) is 0 Å². The van der Waals surface area contributed by atoms with Gasteiger partial charge in [-0.2, -0.15) is 0 Å². The van der Waals surface area contributed by atoms with Crippen molar-refractivity contribution in [3.63, 3.8) is 0 Å². The van der Waals surface area contributed by atoms with Crippen LogP contribution in [0.4, 0.5) is 0 Å². The lowest BCUT2D eigenvalue weighted by Gasteiger charge is -2.27. The van der Waals surface area contributed by atoms with Gasteiger partial charge in [0.1, 0.15) is 6.54 Å². The van der Waals surface area contributed by atoms with E-state index in [1.165, 1.54) is 23.1 Å². The Hall–Kier alpha value is -2.37. The van der Waals surface area contributed by atoms with E-state index in [9.17, 15) is 14.4 Å². The Kier molecular flexibility index (Phi) is 4.57. The third kappa shape index (κ3) is 3.39. The van der Waals surface area contributed by atoms with Crippen molar-refractivity contribution in [3.05, 3.63) is 35.4 Å². The van der Waals surface area contributed by atoms with E-state index in [4.69, 9.17) is 10.2 Å². The number of nitrogens with zero attached hydrogens (tertiary/aromatic N) is 1. The summed E-state index contributed by atoms with van der Waals surface area (Å²) in [5.41, 5.74) is -0.0611. The molecule has 0 aromatic heterocycles. The second-order valence-electron chi connectivity index (χ2n) is 5.12. The highest BCUT2D eigenvalue weighted by Crippen LogP contribution is 2.25. The summed E-state index contributed by atoms with van der Waals surface area (Å²) in [5.74, 6) is -2.81. The molecule has 2 N–H and O–H groups in total. The molecule has 0 unspecified atom stereocenters. The van der Waals surface area contributed by atoms with Crippen molar-refractivity contribution >= 4 is 17.8 Å². The largest absolute Gasteiger partial charge is 0.480 e. The fraction of sp³-hybridized carbons (Fsp3) is 0.400. The van der Waals surface area contributed by atoms with Crippen LogP contribution in [0.2, 0.25) is 0 Å². The van der Waals surface area contributed by atoms with Gasteiger partial charge in [0.15, 0.2) is 0 Å². The summed E-state index contributed by atoms with van der Waals surface area (Å²) in [4.78, 5) is 36.1. The minimum atomic E-state index is -1.19. The number of carbonyl (C=O) groups excluding carboxylic acids is 1. The van der Waals surface area contributed by atoms with Crippen LogP contribution in [-0.4, -0.2) is 45.5 Å². The van der Waals surface area contributed by atoms with Crippen LogP contribution in [0.5, 0.6) is 0 Å². The summed E-state index contributed by atoms with van der Waals surface area (Å²) < 4.78 is 0. The van der Waals surface area contributed by atoms with Gasteiger partial charge in [-0.25, -0.2) is 4.79 Å². The van der Waals surface area contributed by atoms with E-state index >= 15 is 0 Å². The predicted octanol–water partition coefficient (Wildman–Crippen LogP) is 1.85. The maximum absolute atomic E-state index is 12.6. The fourth-order valence-corrected chi connectivity index (χ4v) is 2.74. The van der Waals surface area contributed by atoms with Crippen LogP contribution in [0.15, 0.2) is 24.3 Å². The maximum atomic E-state index is 12.6. The first-order valence-electron chi connectivity index (χ1n) is 6.86. The van der Waals surface area contributed by atoms with Crippen LogP contribution in [0.25, 0.3) is 0 Å². The summed E-state index contributed by atoms with van der Waals surface area (Å²) in [6.45, 7) is -0.405. The minimum Gasteiger partial charge on any atom is -0.480 e. The maximum Gasteiger partial charge on any atom is 0.336 e. The monoisotopic (exact) mass is 291 g/mol. The quantitative estimate of drug-likeness (QED) is 0.863. The summed E-state index contributed by atoms with van der Waals surface area (Å²) in [6.07, 6.45) is 3.42. The average molecular weight is 291 g/mol.